The molecule has 0 saturated carbocycles. The molecule has 0 amide bonds. The minimum atomic E-state index is 0.446. The van der Waals surface area contributed by atoms with Gasteiger partial charge in [0.2, 0.25) is 0 Å². The molecule has 0 heterocycles. The number of likely N-dealkylation sites (N-methyl/N-ethyl adjacent to an activating group) is 1. The lowest BCUT2D eigenvalue weighted by atomic mass is 10.0. The van der Waals surface area contributed by atoms with Gasteiger partial charge in [0.05, 0.1) is 21.1 Å². The number of quaternary nitrogens is 1. The van der Waals surface area contributed by atoms with Crippen LogP contribution in [-0.2, 0) is 0 Å². The number of rotatable bonds is 3. The summed E-state index contributed by atoms with van der Waals surface area (Å²) in [4.78, 5) is 0. The predicted molar refractivity (Wildman–Crippen MR) is 62.0 cm³/mol. The van der Waals surface area contributed by atoms with Crippen molar-refractivity contribution in [2.75, 3.05) is 21.1 Å². The summed E-state index contributed by atoms with van der Waals surface area (Å²) in [5, 5.41) is 0. The minimum Gasteiger partial charge on any atom is -0.321 e. The quantitative estimate of drug-likeness (QED) is 0.507. The molecule has 0 aliphatic heterocycles. The third-order valence-electron chi connectivity index (χ3n) is 2.35. The number of hydrogen-bond donors (Lipinski definition) is 0. The summed E-state index contributed by atoms with van der Waals surface area (Å²) in [5.74, 6) is 0. The zero-order chi connectivity index (χ0) is 10.6. The molecule has 76 valence electrons. The lowest BCUT2D eigenvalue weighted by Crippen LogP contribution is -2.37. The summed E-state index contributed by atoms with van der Waals surface area (Å²) in [6.45, 7) is 2.08. The van der Waals surface area contributed by atoms with Crippen molar-refractivity contribution < 1.29 is 4.48 Å². The van der Waals surface area contributed by atoms with E-state index in [1.165, 1.54) is 5.56 Å². The average Bonchev–Trinajstić information content (AvgIpc) is 2.14. The van der Waals surface area contributed by atoms with Crippen molar-refractivity contribution in [3.05, 3.63) is 48.0 Å². The van der Waals surface area contributed by atoms with Crippen molar-refractivity contribution >= 4 is 0 Å². The van der Waals surface area contributed by atoms with Crippen LogP contribution in [0.1, 0.15) is 18.5 Å². The third-order valence-corrected chi connectivity index (χ3v) is 2.35. The molecule has 0 bridgehead atoms. The molecule has 14 heavy (non-hydrogen) atoms. The van der Waals surface area contributed by atoms with Crippen LogP contribution < -0.4 is 0 Å². The van der Waals surface area contributed by atoms with Crippen molar-refractivity contribution in [2.24, 2.45) is 0 Å². The topological polar surface area (TPSA) is 0 Å². The van der Waals surface area contributed by atoms with E-state index in [1.807, 2.05) is 0 Å². The Balaban J connectivity index is 3.01. The van der Waals surface area contributed by atoms with Gasteiger partial charge in [0.15, 0.2) is 0 Å². The van der Waals surface area contributed by atoms with Crippen molar-refractivity contribution in [1.82, 2.24) is 0 Å². The number of benzene rings is 1. The molecule has 1 unspecified atom stereocenters. The van der Waals surface area contributed by atoms with E-state index >= 15 is 0 Å². The first-order valence-electron chi connectivity index (χ1n) is 5.04. The maximum absolute atomic E-state index is 2.26. The molecule has 0 aromatic heterocycles. The van der Waals surface area contributed by atoms with E-state index in [0.717, 1.165) is 4.48 Å². The summed E-state index contributed by atoms with van der Waals surface area (Å²) >= 11 is 0. The van der Waals surface area contributed by atoms with E-state index in [2.05, 4.69) is 70.6 Å². The Morgan fingerprint density at radius 3 is 2.07 bits per heavy atom. The number of allylic oxidation sites excluding steroid dienone is 1. The Morgan fingerprint density at radius 1 is 1.07 bits per heavy atom. The Kier molecular flexibility index (Phi) is 3.48. The molecular formula is C13H20N+. The minimum absolute atomic E-state index is 0.446. The Hall–Kier alpha value is -1.08. The number of hydrogen-bond acceptors (Lipinski definition) is 0. The van der Waals surface area contributed by atoms with E-state index < -0.39 is 0 Å². The molecule has 0 N–H and O–H groups in total. The van der Waals surface area contributed by atoms with Gasteiger partial charge in [-0.25, -0.2) is 0 Å². The molecule has 0 fully saturated rings. The van der Waals surface area contributed by atoms with Gasteiger partial charge in [0.1, 0.15) is 6.04 Å². The zero-order valence-corrected chi connectivity index (χ0v) is 9.57. The highest BCUT2D eigenvalue weighted by atomic mass is 15.3. The van der Waals surface area contributed by atoms with Crippen molar-refractivity contribution in [3.63, 3.8) is 0 Å². The van der Waals surface area contributed by atoms with Gasteiger partial charge in [-0.3, -0.25) is 0 Å². The molecule has 1 aromatic carbocycles. The van der Waals surface area contributed by atoms with Gasteiger partial charge in [-0.2, -0.15) is 0 Å². The van der Waals surface area contributed by atoms with Crippen LogP contribution in [0.25, 0.3) is 0 Å². The first kappa shape index (κ1) is 11.0. The van der Waals surface area contributed by atoms with Gasteiger partial charge >= 0.3 is 0 Å². The fraction of sp³-hybridized carbons (Fsp3) is 0.385. The maximum Gasteiger partial charge on any atom is 0.133 e. The van der Waals surface area contributed by atoms with E-state index in [9.17, 15) is 0 Å². The highest BCUT2D eigenvalue weighted by Crippen LogP contribution is 2.24. The second-order valence-corrected chi connectivity index (χ2v) is 4.50. The Morgan fingerprint density at radius 2 is 1.64 bits per heavy atom. The highest BCUT2D eigenvalue weighted by Gasteiger charge is 2.21. The standard InChI is InChI=1S/C13H20N/c1-5-9-13(14(2,3)4)12-10-7-6-8-11-12/h5-11,13H,1-4H3/q+1. The zero-order valence-electron chi connectivity index (χ0n) is 9.57. The molecule has 0 radical (unpaired) electrons. The summed E-state index contributed by atoms with van der Waals surface area (Å²) in [5.41, 5.74) is 1.37. The normalized spacial score (nSPS) is 14.6. The van der Waals surface area contributed by atoms with E-state index in [-0.39, 0.29) is 0 Å². The van der Waals surface area contributed by atoms with Crippen molar-refractivity contribution in [1.29, 1.82) is 0 Å². The Labute approximate surface area is 87.3 Å². The average molecular weight is 190 g/mol. The molecule has 0 aliphatic carbocycles. The van der Waals surface area contributed by atoms with E-state index in [4.69, 9.17) is 0 Å². The van der Waals surface area contributed by atoms with Gasteiger partial charge in [0, 0.05) is 5.56 Å². The lowest BCUT2D eigenvalue weighted by Gasteiger charge is -2.32. The highest BCUT2D eigenvalue weighted by molar-refractivity contribution is 5.21. The second kappa shape index (κ2) is 4.43. The van der Waals surface area contributed by atoms with Gasteiger partial charge in [-0.1, -0.05) is 36.4 Å². The smallest absolute Gasteiger partial charge is 0.133 e. The lowest BCUT2D eigenvalue weighted by molar-refractivity contribution is -0.895. The van der Waals surface area contributed by atoms with Crippen LogP contribution in [0.3, 0.4) is 0 Å². The van der Waals surface area contributed by atoms with Crippen LogP contribution in [0, 0.1) is 0 Å². The van der Waals surface area contributed by atoms with Crippen LogP contribution >= 0.6 is 0 Å². The van der Waals surface area contributed by atoms with Crippen LogP contribution in [0.4, 0.5) is 0 Å². The first-order chi connectivity index (χ1) is 6.55. The molecule has 0 spiro atoms. The molecule has 0 saturated heterocycles. The molecule has 1 heteroatoms. The molecule has 0 aliphatic rings. The van der Waals surface area contributed by atoms with Gasteiger partial charge in [0.25, 0.3) is 0 Å². The summed E-state index contributed by atoms with van der Waals surface area (Å²) in [6, 6.07) is 11.1. The van der Waals surface area contributed by atoms with E-state index in [1.54, 1.807) is 0 Å². The molecule has 1 aromatic rings. The van der Waals surface area contributed by atoms with Crippen LogP contribution in [0.2, 0.25) is 0 Å². The largest absolute Gasteiger partial charge is 0.321 e. The summed E-state index contributed by atoms with van der Waals surface area (Å²) in [7, 11) is 6.66. The monoisotopic (exact) mass is 190 g/mol. The fourth-order valence-electron chi connectivity index (χ4n) is 1.65. The molecule has 1 atom stereocenters. The van der Waals surface area contributed by atoms with Crippen LogP contribution in [0.5, 0.6) is 0 Å². The van der Waals surface area contributed by atoms with Crippen LogP contribution in [0.15, 0.2) is 42.5 Å². The fourth-order valence-corrected chi connectivity index (χ4v) is 1.65. The maximum atomic E-state index is 2.26. The van der Waals surface area contributed by atoms with Crippen molar-refractivity contribution in [2.45, 2.75) is 13.0 Å². The van der Waals surface area contributed by atoms with Gasteiger partial charge in [-0.05, 0) is 13.0 Å². The molecular weight excluding hydrogens is 170 g/mol. The molecule has 1 nitrogen and oxygen atoms in total. The molecule has 1 rings (SSSR count). The SMILES string of the molecule is CC=CC(c1ccccc1)[N+](C)(C)C. The van der Waals surface area contributed by atoms with Crippen molar-refractivity contribution in [3.8, 4) is 0 Å². The van der Waals surface area contributed by atoms with Gasteiger partial charge < -0.3 is 4.48 Å². The predicted octanol–water partition coefficient (Wildman–Crippen LogP) is 3.01. The summed E-state index contributed by atoms with van der Waals surface area (Å²) < 4.78 is 0.925. The van der Waals surface area contributed by atoms with Gasteiger partial charge in [-0.15, -0.1) is 0 Å². The second-order valence-electron chi connectivity index (χ2n) is 4.50. The van der Waals surface area contributed by atoms with Crippen LogP contribution in [-0.4, -0.2) is 25.6 Å². The van der Waals surface area contributed by atoms with E-state index in [0.29, 0.717) is 6.04 Å². The summed E-state index contributed by atoms with van der Waals surface area (Å²) in [6.07, 6.45) is 4.39. The number of nitrogens with zero attached hydrogens (tertiary/aromatic N) is 1. The first-order valence-corrected chi connectivity index (χ1v) is 5.04. The Bertz CT molecular complexity index is 293. The third kappa shape index (κ3) is 2.71.